The lowest BCUT2D eigenvalue weighted by atomic mass is 10.1. The smallest absolute Gasteiger partial charge is 0.262 e. The van der Waals surface area contributed by atoms with Gasteiger partial charge < -0.3 is 0 Å². The summed E-state index contributed by atoms with van der Waals surface area (Å²) in [4.78, 5) is 43.5. The fraction of sp³-hybridized carbons (Fsp3) is 0.200. The van der Waals surface area contributed by atoms with Crippen LogP contribution in [-0.4, -0.2) is 38.6 Å². The predicted octanol–water partition coefficient (Wildman–Crippen LogP) is 3.57. The van der Waals surface area contributed by atoms with Gasteiger partial charge in [-0.2, -0.15) is 0 Å². The van der Waals surface area contributed by atoms with Crippen LogP contribution in [0.25, 0.3) is 10.9 Å². The number of hydrogen-bond donors (Lipinski definition) is 0. The van der Waals surface area contributed by atoms with Crippen LogP contribution in [0.2, 0.25) is 0 Å². The third-order valence-electron chi connectivity index (χ3n) is 4.62. The van der Waals surface area contributed by atoms with Crippen LogP contribution in [0.1, 0.15) is 27.6 Å². The zero-order valence-electron chi connectivity index (χ0n) is 15.0. The molecule has 0 saturated heterocycles. The molecule has 8 heteroatoms. The van der Waals surface area contributed by atoms with Crippen LogP contribution in [-0.2, 0) is 6.54 Å². The Kier molecular flexibility index (Phi) is 5.07. The molecule has 0 bridgehead atoms. The molecule has 2 heterocycles. The summed E-state index contributed by atoms with van der Waals surface area (Å²) in [6.45, 7) is 2.64. The van der Waals surface area contributed by atoms with Crippen molar-refractivity contribution in [1.82, 2.24) is 14.5 Å². The molecule has 1 aliphatic rings. The number of benzene rings is 2. The highest BCUT2D eigenvalue weighted by atomic mass is 79.9. The van der Waals surface area contributed by atoms with Crippen molar-refractivity contribution in [2.75, 3.05) is 12.3 Å². The first-order chi connectivity index (χ1) is 13.5. The van der Waals surface area contributed by atoms with Crippen LogP contribution in [0.3, 0.4) is 0 Å². The SMILES string of the molecule is CCn1c(SCCN2C(=O)c3ccccc3C2=O)nc2ccc(Br)cc2c1=O. The number of hydrogen-bond acceptors (Lipinski definition) is 5. The summed E-state index contributed by atoms with van der Waals surface area (Å²) < 4.78 is 2.44. The molecule has 0 atom stereocenters. The van der Waals surface area contributed by atoms with Crippen molar-refractivity contribution < 1.29 is 9.59 Å². The maximum Gasteiger partial charge on any atom is 0.262 e. The van der Waals surface area contributed by atoms with Gasteiger partial charge in [-0.3, -0.25) is 23.9 Å². The normalized spacial score (nSPS) is 13.4. The van der Waals surface area contributed by atoms with Crippen LogP contribution in [0.5, 0.6) is 0 Å². The van der Waals surface area contributed by atoms with Crippen molar-refractivity contribution in [3.8, 4) is 0 Å². The van der Waals surface area contributed by atoms with Gasteiger partial charge in [-0.05, 0) is 37.3 Å². The topological polar surface area (TPSA) is 72.3 Å². The highest BCUT2D eigenvalue weighted by Gasteiger charge is 2.34. The van der Waals surface area contributed by atoms with Gasteiger partial charge in [0, 0.05) is 23.3 Å². The molecule has 0 radical (unpaired) electrons. The number of thioether (sulfide) groups is 1. The second-order valence-corrected chi connectivity index (χ2v) is 8.24. The molecule has 3 aromatic rings. The molecule has 0 spiro atoms. The van der Waals surface area contributed by atoms with E-state index < -0.39 is 0 Å². The summed E-state index contributed by atoms with van der Waals surface area (Å²) >= 11 is 4.75. The minimum absolute atomic E-state index is 0.1000. The van der Waals surface area contributed by atoms with Crippen molar-refractivity contribution in [3.63, 3.8) is 0 Å². The van der Waals surface area contributed by atoms with Crippen LogP contribution >= 0.6 is 27.7 Å². The lowest BCUT2D eigenvalue weighted by Crippen LogP contribution is -2.32. The van der Waals surface area contributed by atoms with Gasteiger partial charge in [-0.1, -0.05) is 39.8 Å². The average molecular weight is 458 g/mol. The Labute approximate surface area is 173 Å². The maximum absolute atomic E-state index is 12.8. The van der Waals surface area contributed by atoms with Gasteiger partial charge in [0.05, 0.1) is 22.0 Å². The number of carbonyl (C=O) groups is 2. The minimum atomic E-state index is -0.273. The van der Waals surface area contributed by atoms with Crippen molar-refractivity contribution in [1.29, 1.82) is 0 Å². The summed E-state index contributed by atoms with van der Waals surface area (Å²) in [6, 6.07) is 12.2. The molecule has 2 amide bonds. The van der Waals surface area contributed by atoms with Gasteiger partial charge in [0.1, 0.15) is 0 Å². The number of aromatic nitrogens is 2. The van der Waals surface area contributed by atoms with Crippen molar-refractivity contribution in [2.45, 2.75) is 18.6 Å². The summed E-state index contributed by atoms with van der Waals surface area (Å²) in [5.41, 5.74) is 1.41. The first-order valence-corrected chi connectivity index (χ1v) is 10.6. The molecule has 1 aromatic heterocycles. The third kappa shape index (κ3) is 3.16. The van der Waals surface area contributed by atoms with E-state index in [0.29, 0.717) is 39.5 Å². The third-order valence-corrected chi connectivity index (χ3v) is 6.07. The van der Waals surface area contributed by atoms with Crippen molar-refractivity contribution in [2.24, 2.45) is 0 Å². The first-order valence-electron chi connectivity index (χ1n) is 8.79. The van der Waals surface area contributed by atoms with Gasteiger partial charge in [0.2, 0.25) is 0 Å². The van der Waals surface area contributed by atoms with E-state index in [4.69, 9.17) is 0 Å². The van der Waals surface area contributed by atoms with Gasteiger partial charge in [-0.15, -0.1) is 0 Å². The number of carbonyl (C=O) groups excluding carboxylic acids is 2. The van der Waals surface area contributed by atoms with E-state index in [9.17, 15) is 14.4 Å². The highest BCUT2D eigenvalue weighted by Crippen LogP contribution is 2.24. The van der Waals surface area contributed by atoms with Crippen LogP contribution < -0.4 is 5.56 Å². The fourth-order valence-corrected chi connectivity index (χ4v) is 4.58. The molecule has 1 aliphatic heterocycles. The van der Waals surface area contributed by atoms with E-state index in [2.05, 4.69) is 20.9 Å². The molecule has 0 N–H and O–H groups in total. The first kappa shape index (κ1) is 18.9. The molecule has 4 rings (SSSR count). The highest BCUT2D eigenvalue weighted by molar-refractivity contribution is 9.10. The predicted molar refractivity (Wildman–Crippen MR) is 112 cm³/mol. The molecular formula is C20H16BrN3O3S. The molecule has 6 nitrogen and oxygen atoms in total. The van der Waals surface area contributed by atoms with Gasteiger partial charge >= 0.3 is 0 Å². The number of halogens is 1. The molecular weight excluding hydrogens is 442 g/mol. The monoisotopic (exact) mass is 457 g/mol. The molecule has 142 valence electrons. The maximum atomic E-state index is 12.8. The number of amides is 2. The van der Waals surface area contributed by atoms with Gasteiger partial charge in [-0.25, -0.2) is 4.98 Å². The van der Waals surface area contributed by atoms with E-state index in [1.54, 1.807) is 41.0 Å². The Morgan fingerprint density at radius 3 is 2.36 bits per heavy atom. The second-order valence-electron chi connectivity index (χ2n) is 6.26. The summed E-state index contributed by atoms with van der Waals surface area (Å²) in [5, 5.41) is 1.14. The largest absolute Gasteiger partial charge is 0.287 e. The molecule has 0 fully saturated rings. The summed E-state index contributed by atoms with van der Waals surface area (Å²) in [7, 11) is 0. The number of fused-ring (bicyclic) bond motifs is 2. The zero-order chi connectivity index (χ0) is 19.8. The molecule has 0 aliphatic carbocycles. The Hall–Kier alpha value is -2.45. The minimum Gasteiger partial charge on any atom is -0.287 e. The van der Waals surface area contributed by atoms with E-state index in [-0.39, 0.29) is 23.9 Å². The second kappa shape index (κ2) is 7.52. The number of nitrogens with zero attached hydrogens (tertiary/aromatic N) is 3. The van der Waals surface area contributed by atoms with E-state index >= 15 is 0 Å². The molecule has 2 aromatic carbocycles. The van der Waals surface area contributed by atoms with Crippen molar-refractivity contribution in [3.05, 3.63) is 68.4 Å². The van der Waals surface area contributed by atoms with Crippen LogP contribution in [0.4, 0.5) is 0 Å². The summed E-state index contributed by atoms with van der Waals surface area (Å²) in [6.07, 6.45) is 0. The molecule has 28 heavy (non-hydrogen) atoms. The Morgan fingerprint density at radius 1 is 1.04 bits per heavy atom. The van der Waals surface area contributed by atoms with Gasteiger partial charge in [0.15, 0.2) is 5.16 Å². The molecule has 0 unspecified atom stereocenters. The van der Waals surface area contributed by atoms with E-state index in [1.807, 2.05) is 13.0 Å². The van der Waals surface area contributed by atoms with E-state index in [0.717, 1.165) is 4.47 Å². The van der Waals surface area contributed by atoms with Gasteiger partial charge in [0.25, 0.3) is 17.4 Å². The van der Waals surface area contributed by atoms with Crippen LogP contribution in [0.15, 0.2) is 56.9 Å². The fourth-order valence-electron chi connectivity index (χ4n) is 3.23. The Balaban J connectivity index is 1.55. The summed E-state index contributed by atoms with van der Waals surface area (Å²) in [5.74, 6) is -0.0873. The Morgan fingerprint density at radius 2 is 1.71 bits per heavy atom. The van der Waals surface area contributed by atoms with Crippen molar-refractivity contribution >= 4 is 50.4 Å². The number of imide groups is 1. The quantitative estimate of drug-likeness (QED) is 0.332. The average Bonchev–Trinajstić information content (AvgIpc) is 2.94. The standard InChI is InChI=1S/C20H16BrN3O3S/c1-2-23-19(27)15-11-12(21)7-8-16(15)22-20(23)28-10-9-24-17(25)13-5-3-4-6-14(13)18(24)26/h3-8,11H,2,9-10H2,1H3. The van der Waals surface area contributed by atoms with E-state index in [1.165, 1.54) is 16.7 Å². The lowest BCUT2D eigenvalue weighted by molar-refractivity contribution is 0.0664. The zero-order valence-corrected chi connectivity index (χ0v) is 17.4. The number of rotatable bonds is 5. The molecule has 0 saturated carbocycles. The Bertz CT molecular complexity index is 1140. The van der Waals surface area contributed by atoms with Crippen LogP contribution in [0, 0.1) is 0 Å². The lowest BCUT2D eigenvalue weighted by Gasteiger charge is -2.15.